The lowest BCUT2D eigenvalue weighted by Crippen LogP contribution is -2.47. The zero-order valence-corrected chi connectivity index (χ0v) is 17.4. The summed E-state index contributed by atoms with van der Waals surface area (Å²) in [7, 11) is 1.68. The van der Waals surface area contributed by atoms with Crippen LogP contribution in [0.3, 0.4) is 0 Å². The van der Waals surface area contributed by atoms with Crippen molar-refractivity contribution < 1.29 is 18.7 Å². The van der Waals surface area contributed by atoms with Gasteiger partial charge in [-0.15, -0.1) is 0 Å². The first-order chi connectivity index (χ1) is 13.9. The van der Waals surface area contributed by atoms with Crippen LogP contribution in [0.25, 0.3) is 0 Å². The van der Waals surface area contributed by atoms with Crippen LogP contribution >= 0.6 is 11.6 Å². The number of rotatable bonds is 7. The highest BCUT2D eigenvalue weighted by Gasteiger charge is 2.26. The van der Waals surface area contributed by atoms with Crippen molar-refractivity contribution in [3.05, 3.63) is 63.9 Å². The van der Waals surface area contributed by atoms with Crippen molar-refractivity contribution >= 4 is 23.3 Å². The summed E-state index contributed by atoms with van der Waals surface area (Å²) >= 11 is 6.07. The van der Waals surface area contributed by atoms with E-state index in [9.17, 15) is 9.18 Å². The van der Waals surface area contributed by atoms with E-state index in [0.717, 1.165) is 16.9 Å². The van der Waals surface area contributed by atoms with Crippen molar-refractivity contribution in [1.82, 2.24) is 10.6 Å². The highest BCUT2D eigenvalue weighted by atomic mass is 35.5. The Bertz CT molecular complexity index is 862. The van der Waals surface area contributed by atoms with E-state index in [0.29, 0.717) is 30.7 Å². The summed E-state index contributed by atoms with van der Waals surface area (Å²) in [6.45, 7) is 3.76. The molecule has 3 N–H and O–H groups in total. The zero-order chi connectivity index (χ0) is 21.0. The van der Waals surface area contributed by atoms with Crippen LogP contribution in [-0.4, -0.2) is 25.5 Å². The quantitative estimate of drug-likeness (QED) is 0.577. The molecule has 1 aromatic carbocycles. The lowest BCUT2D eigenvalue weighted by molar-refractivity contribution is -0.148. The molecule has 1 atom stereocenters. The predicted molar refractivity (Wildman–Crippen MR) is 110 cm³/mol. The molecule has 0 bridgehead atoms. The molecule has 0 amide bonds. The van der Waals surface area contributed by atoms with Crippen molar-refractivity contribution in [2.75, 3.05) is 12.4 Å². The molecule has 1 heterocycles. The number of halogens is 2. The molecule has 0 aromatic heterocycles. The van der Waals surface area contributed by atoms with Crippen LogP contribution in [0.1, 0.15) is 32.3 Å². The van der Waals surface area contributed by atoms with E-state index in [1.165, 1.54) is 6.08 Å². The van der Waals surface area contributed by atoms with Gasteiger partial charge in [-0.1, -0.05) is 23.7 Å². The van der Waals surface area contributed by atoms with Gasteiger partial charge in [-0.3, -0.25) is 5.32 Å². The Morgan fingerprint density at radius 1 is 1.31 bits per heavy atom. The first kappa shape index (κ1) is 21.2. The first-order valence-electron chi connectivity index (χ1n) is 9.51. The number of carbonyl (C=O) groups excluding carboxylic acids is 1. The van der Waals surface area contributed by atoms with Crippen LogP contribution in [0.5, 0.6) is 0 Å². The first-order valence-corrected chi connectivity index (χ1v) is 9.88. The summed E-state index contributed by atoms with van der Waals surface area (Å²) in [5.74, 6) is -0.484. The van der Waals surface area contributed by atoms with Crippen molar-refractivity contribution in [2.45, 2.75) is 45.6 Å². The molecule has 0 fully saturated rings. The number of anilines is 1. The summed E-state index contributed by atoms with van der Waals surface area (Å²) in [6, 6.07) is 7.67. The fourth-order valence-electron chi connectivity index (χ4n) is 3.06. The topological polar surface area (TPSA) is 71.6 Å². The Kier molecular flexibility index (Phi) is 6.82. The molecule has 1 aliphatic carbocycles. The molecule has 0 spiro atoms. The Hall–Kier alpha value is -2.51. The molecule has 6 nitrogen and oxygen atoms in total. The van der Waals surface area contributed by atoms with Gasteiger partial charge in [0.1, 0.15) is 10.8 Å². The maximum absolute atomic E-state index is 14.2. The Morgan fingerprint density at radius 3 is 2.66 bits per heavy atom. The number of ether oxygens (including phenoxy) is 2. The monoisotopic (exact) mass is 421 g/mol. The van der Waals surface area contributed by atoms with Crippen LogP contribution in [0.4, 0.5) is 10.1 Å². The Labute approximate surface area is 174 Å². The normalized spacial score (nSPS) is 19.7. The van der Waals surface area contributed by atoms with Crippen LogP contribution in [0, 0.1) is 0 Å². The van der Waals surface area contributed by atoms with Crippen molar-refractivity contribution in [2.24, 2.45) is 0 Å². The highest BCUT2D eigenvalue weighted by molar-refractivity contribution is 6.41. The second-order valence-corrected chi connectivity index (χ2v) is 7.49. The van der Waals surface area contributed by atoms with Gasteiger partial charge in [0.15, 0.2) is 5.83 Å². The van der Waals surface area contributed by atoms with E-state index in [2.05, 4.69) is 16.0 Å². The molecular weight excluding hydrogens is 397 g/mol. The van der Waals surface area contributed by atoms with Crippen molar-refractivity contribution in [3.8, 4) is 0 Å². The molecule has 0 saturated carbocycles. The van der Waals surface area contributed by atoms with Gasteiger partial charge in [0.05, 0.1) is 6.10 Å². The Morgan fingerprint density at radius 2 is 2.03 bits per heavy atom. The van der Waals surface area contributed by atoms with Gasteiger partial charge in [-0.25, -0.2) is 9.18 Å². The van der Waals surface area contributed by atoms with Gasteiger partial charge in [0.2, 0.25) is 6.35 Å². The third kappa shape index (κ3) is 5.52. The van der Waals surface area contributed by atoms with Gasteiger partial charge in [-0.2, -0.15) is 0 Å². The minimum Gasteiger partial charge on any atom is -0.492 e. The lowest BCUT2D eigenvalue weighted by atomic mass is 10.1. The summed E-state index contributed by atoms with van der Waals surface area (Å²) in [4.78, 5) is 11.8. The molecular formula is C21H25ClFN3O3. The molecule has 8 heteroatoms. The van der Waals surface area contributed by atoms with Gasteiger partial charge in [0.25, 0.3) is 0 Å². The standard InChI is InChI=1S/C21H25ClFN3O3/c1-12(2)28-18-9-8-15(11-16(18)23)25-14-6-4-13(5-7-14)10-17-19(22)20(27)29-21(24-3)26-17/h4-7,11-12,21,24-26H,8-10H2,1-3H3. The molecule has 1 aliphatic heterocycles. The average Bonchev–Trinajstić information content (AvgIpc) is 2.68. The maximum Gasteiger partial charge on any atom is 0.354 e. The number of nitrogens with one attached hydrogen (secondary N) is 3. The molecule has 1 unspecified atom stereocenters. The number of hydrogen-bond donors (Lipinski definition) is 3. The second kappa shape index (κ2) is 9.33. The van der Waals surface area contributed by atoms with Crippen molar-refractivity contribution in [3.63, 3.8) is 0 Å². The number of cyclic esters (lactones) is 1. The minimum atomic E-state index is -0.605. The number of benzene rings is 1. The van der Waals surface area contributed by atoms with Crippen LogP contribution in [-0.2, 0) is 20.7 Å². The lowest BCUT2D eigenvalue weighted by Gasteiger charge is -2.26. The summed E-state index contributed by atoms with van der Waals surface area (Å²) < 4.78 is 24.7. The Balaban J connectivity index is 1.65. The number of carbonyl (C=O) groups is 1. The van der Waals surface area contributed by atoms with Crippen LogP contribution in [0.15, 0.2) is 58.4 Å². The maximum atomic E-state index is 14.2. The van der Waals surface area contributed by atoms with Gasteiger partial charge in [0, 0.05) is 29.9 Å². The van der Waals surface area contributed by atoms with Crippen LogP contribution < -0.4 is 16.0 Å². The molecule has 1 aromatic rings. The molecule has 156 valence electrons. The molecule has 29 heavy (non-hydrogen) atoms. The van der Waals surface area contributed by atoms with E-state index < -0.39 is 12.3 Å². The number of allylic oxidation sites excluding steroid dienone is 5. The summed E-state index contributed by atoms with van der Waals surface area (Å²) in [6.07, 6.45) is 2.50. The van der Waals surface area contributed by atoms with Gasteiger partial charge in [-0.05, 0) is 51.1 Å². The van der Waals surface area contributed by atoms with Gasteiger partial charge >= 0.3 is 5.97 Å². The van der Waals surface area contributed by atoms with Crippen LogP contribution in [0.2, 0.25) is 0 Å². The minimum absolute atomic E-state index is 0.0429. The average molecular weight is 422 g/mol. The van der Waals surface area contributed by atoms with E-state index in [1.54, 1.807) is 7.05 Å². The van der Waals surface area contributed by atoms with E-state index in [4.69, 9.17) is 21.1 Å². The largest absolute Gasteiger partial charge is 0.492 e. The third-order valence-electron chi connectivity index (χ3n) is 4.44. The fourth-order valence-corrected chi connectivity index (χ4v) is 3.23. The molecule has 0 saturated heterocycles. The van der Waals surface area contributed by atoms with E-state index >= 15 is 0 Å². The summed E-state index contributed by atoms with van der Waals surface area (Å²) in [5.41, 5.74) is 3.22. The molecule has 0 radical (unpaired) electrons. The fraction of sp³-hybridized carbons (Fsp3) is 0.381. The van der Waals surface area contributed by atoms with E-state index in [-0.39, 0.29) is 17.0 Å². The number of esters is 1. The molecule has 2 aliphatic rings. The van der Waals surface area contributed by atoms with Gasteiger partial charge < -0.3 is 20.1 Å². The van der Waals surface area contributed by atoms with Crippen molar-refractivity contribution in [1.29, 1.82) is 0 Å². The zero-order valence-electron chi connectivity index (χ0n) is 16.6. The molecule has 3 rings (SSSR count). The van der Waals surface area contributed by atoms with E-state index in [1.807, 2.05) is 38.1 Å². The highest BCUT2D eigenvalue weighted by Crippen LogP contribution is 2.28. The smallest absolute Gasteiger partial charge is 0.354 e. The third-order valence-corrected chi connectivity index (χ3v) is 4.83. The summed E-state index contributed by atoms with van der Waals surface area (Å²) in [5, 5.41) is 9.17. The SMILES string of the molecule is CNC1NC(Cc2ccc(NC3=CC(F)=C(OC(C)C)CC3)cc2)=C(Cl)C(=O)O1. The second-order valence-electron chi connectivity index (χ2n) is 7.12. The predicted octanol–water partition coefficient (Wildman–Crippen LogP) is 4.02. The number of hydrogen-bond acceptors (Lipinski definition) is 6.